The number of primary amides is 1. The minimum Gasteiger partial charge on any atom is -0.369 e. The van der Waals surface area contributed by atoms with Crippen molar-refractivity contribution in [3.8, 4) is 0 Å². The molecule has 0 aliphatic heterocycles. The zero-order valence-corrected chi connectivity index (χ0v) is 9.54. The Bertz CT molecular complexity index is 238. The van der Waals surface area contributed by atoms with Crippen LogP contribution in [0.5, 0.6) is 0 Å². The zero-order valence-electron chi connectivity index (χ0n) is 9.54. The molecule has 2 rings (SSSR count). The first-order valence-electron chi connectivity index (χ1n) is 6.22. The summed E-state index contributed by atoms with van der Waals surface area (Å²) in [6.45, 7) is 2.27. The van der Waals surface area contributed by atoms with Gasteiger partial charge in [0, 0.05) is 18.0 Å². The van der Waals surface area contributed by atoms with Gasteiger partial charge in [0.25, 0.3) is 0 Å². The van der Waals surface area contributed by atoms with Gasteiger partial charge in [0.05, 0.1) is 0 Å². The Morgan fingerprint density at radius 3 is 2.67 bits per heavy atom. The third kappa shape index (κ3) is 2.94. The molecule has 0 heterocycles. The molecule has 2 saturated carbocycles. The molecule has 0 bridgehead atoms. The average Bonchev–Trinajstić information content (AvgIpc) is 3.01. The number of nitrogens with one attached hydrogen (secondary N) is 1. The van der Waals surface area contributed by atoms with Gasteiger partial charge < -0.3 is 11.1 Å². The molecule has 86 valence electrons. The van der Waals surface area contributed by atoms with E-state index in [4.69, 9.17) is 5.73 Å². The molecule has 0 aromatic carbocycles. The monoisotopic (exact) mass is 210 g/mol. The summed E-state index contributed by atoms with van der Waals surface area (Å²) in [6.07, 6.45) is 7.04. The Kier molecular flexibility index (Phi) is 3.29. The highest BCUT2D eigenvalue weighted by atomic mass is 16.1. The maximum atomic E-state index is 11.1. The average molecular weight is 210 g/mol. The Morgan fingerprint density at radius 2 is 2.07 bits per heavy atom. The van der Waals surface area contributed by atoms with Gasteiger partial charge in [-0.3, -0.25) is 4.79 Å². The van der Waals surface area contributed by atoms with Gasteiger partial charge in [-0.25, -0.2) is 0 Å². The molecule has 3 atom stereocenters. The molecule has 15 heavy (non-hydrogen) atoms. The van der Waals surface area contributed by atoms with Crippen molar-refractivity contribution in [1.29, 1.82) is 0 Å². The zero-order chi connectivity index (χ0) is 10.8. The lowest BCUT2D eigenvalue weighted by Crippen LogP contribution is -2.43. The van der Waals surface area contributed by atoms with Crippen molar-refractivity contribution in [3.63, 3.8) is 0 Å². The summed E-state index contributed by atoms with van der Waals surface area (Å²) in [5.74, 6) is 0.891. The lowest BCUT2D eigenvalue weighted by molar-refractivity contribution is -0.122. The lowest BCUT2D eigenvalue weighted by atomic mass is 9.85. The summed E-state index contributed by atoms with van der Waals surface area (Å²) >= 11 is 0. The minimum absolute atomic E-state index is 0.111. The van der Waals surface area contributed by atoms with E-state index < -0.39 is 0 Å². The molecule has 0 aromatic rings. The van der Waals surface area contributed by atoms with E-state index in [2.05, 4.69) is 12.2 Å². The molecule has 1 amide bonds. The second-order valence-corrected chi connectivity index (χ2v) is 5.26. The normalized spacial score (nSPS) is 33.7. The molecule has 3 unspecified atom stereocenters. The molecule has 3 nitrogen and oxygen atoms in total. The van der Waals surface area contributed by atoms with Crippen LogP contribution in [0.15, 0.2) is 0 Å². The fraction of sp³-hybridized carbons (Fsp3) is 0.917. The van der Waals surface area contributed by atoms with Crippen molar-refractivity contribution in [2.75, 3.05) is 0 Å². The minimum atomic E-state index is -0.111. The number of hydrogen-bond acceptors (Lipinski definition) is 2. The lowest BCUT2D eigenvalue weighted by Gasteiger charge is -2.30. The van der Waals surface area contributed by atoms with Gasteiger partial charge in [-0.2, -0.15) is 0 Å². The van der Waals surface area contributed by atoms with Gasteiger partial charge in [0.15, 0.2) is 0 Å². The van der Waals surface area contributed by atoms with E-state index in [1.165, 1.54) is 19.3 Å². The molecule has 3 heteroatoms. The molecule has 2 aliphatic rings. The smallest absolute Gasteiger partial charge is 0.220 e. The highest BCUT2D eigenvalue weighted by Crippen LogP contribution is 2.33. The van der Waals surface area contributed by atoms with Crippen LogP contribution in [0.3, 0.4) is 0 Å². The second kappa shape index (κ2) is 4.52. The van der Waals surface area contributed by atoms with Crippen LogP contribution in [0.4, 0.5) is 0 Å². The SMILES string of the molecule is CC(NC1CCCC(C(N)=O)C1)C1CC1. The van der Waals surface area contributed by atoms with Crippen LogP contribution in [-0.4, -0.2) is 18.0 Å². The Labute approximate surface area is 91.8 Å². The largest absolute Gasteiger partial charge is 0.369 e. The van der Waals surface area contributed by atoms with Gasteiger partial charge in [0.2, 0.25) is 5.91 Å². The first-order valence-corrected chi connectivity index (χ1v) is 6.22. The fourth-order valence-electron chi connectivity index (χ4n) is 2.70. The number of carbonyl (C=O) groups is 1. The van der Waals surface area contributed by atoms with Crippen molar-refractivity contribution in [2.45, 2.75) is 57.5 Å². The van der Waals surface area contributed by atoms with Gasteiger partial charge in [-0.1, -0.05) is 6.42 Å². The van der Waals surface area contributed by atoms with Crippen LogP contribution in [0.1, 0.15) is 45.4 Å². The van der Waals surface area contributed by atoms with Gasteiger partial charge >= 0.3 is 0 Å². The molecule has 0 aromatic heterocycles. The van der Waals surface area contributed by atoms with Crippen molar-refractivity contribution < 1.29 is 4.79 Å². The van der Waals surface area contributed by atoms with E-state index in [1.807, 2.05) is 0 Å². The molecule has 3 N–H and O–H groups in total. The van der Waals surface area contributed by atoms with Gasteiger partial charge in [0.1, 0.15) is 0 Å². The predicted molar refractivity (Wildman–Crippen MR) is 60.3 cm³/mol. The summed E-state index contributed by atoms with van der Waals surface area (Å²) in [6, 6.07) is 1.15. The van der Waals surface area contributed by atoms with E-state index in [-0.39, 0.29) is 11.8 Å². The summed E-state index contributed by atoms with van der Waals surface area (Å²) in [5.41, 5.74) is 5.37. The Hall–Kier alpha value is -0.570. The van der Waals surface area contributed by atoms with E-state index in [1.54, 1.807) is 0 Å². The number of rotatable bonds is 4. The fourth-order valence-corrected chi connectivity index (χ4v) is 2.70. The molecular formula is C12H22N2O. The molecule has 2 aliphatic carbocycles. The van der Waals surface area contributed by atoms with Crippen LogP contribution < -0.4 is 11.1 Å². The number of nitrogens with two attached hydrogens (primary N) is 1. The maximum absolute atomic E-state index is 11.1. The van der Waals surface area contributed by atoms with Crippen molar-refractivity contribution in [3.05, 3.63) is 0 Å². The third-order valence-corrected chi connectivity index (χ3v) is 3.90. The summed E-state index contributed by atoms with van der Waals surface area (Å²) in [4.78, 5) is 11.1. The highest BCUT2D eigenvalue weighted by molar-refractivity contribution is 5.76. The van der Waals surface area contributed by atoms with Crippen molar-refractivity contribution in [1.82, 2.24) is 5.32 Å². The van der Waals surface area contributed by atoms with E-state index in [0.29, 0.717) is 12.1 Å². The topological polar surface area (TPSA) is 55.1 Å². The highest BCUT2D eigenvalue weighted by Gasteiger charge is 2.31. The van der Waals surface area contributed by atoms with Gasteiger partial charge in [-0.15, -0.1) is 0 Å². The predicted octanol–water partition coefficient (Wildman–Crippen LogP) is 1.42. The van der Waals surface area contributed by atoms with Crippen LogP contribution in [0, 0.1) is 11.8 Å². The quantitative estimate of drug-likeness (QED) is 0.737. The van der Waals surface area contributed by atoms with Crippen molar-refractivity contribution >= 4 is 5.91 Å². The summed E-state index contributed by atoms with van der Waals surface area (Å²) in [5, 5.41) is 3.66. The van der Waals surface area contributed by atoms with Crippen LogP contribution in [-0.2, 0) is 4.79 Å². The van der Waals surface area contributed by atoms with E-state index in [9.17, 15) is 4.79 Å². The summed E-state index contributed by atoms with van der Waals surface area (Å²) < 4.78 is 0. The molecule has 2 fully saturated rings. The first kappa shape index (κ1) is 10.9. The van der Waals surface area contributed by atoms with Crippen molar-refractivity contribution in [2.24, 2.45) is 17.6 Å². The van der Waals surface area contributed by atoms with Gasteiger partial charge in [-0.05, 0) is 44.9 Å². The number of hydrogen-bond donors (Lipinski definition) is 2. The van der Waals surface area contributed by atoms with E-state index in [0.717, 1.165) is 25.2 Å². The second-order valence-electron chi connectivity index (χ2n) is 5.26. The molecule has 0 radical (unpaired) electrons. The molecular weight excluding hydrogens is 188 g/mol. The molecule has 0 saturated heterocycles. The van der Waals surface area contributed by atoms with Crippen LogP contribution in [0.25, 0.3) is 0 Å². The first-order chi connectivity index (χ1) is 7.16. The Balaban J connectivity index is 1.78. The van der Waals surface area contributed by atoms with E-state index >= 15 is 0 Å². The van der Waals surface area contributed by atoms with Crippen LogP contribution >= 0.6 is 0 Å². The Morgan fingerprint density at radius 1 is 1.33 bits per heavy atom. The summed E-state index contributed by atoms with van der Waals surface area (Å²) in [7, 11) is 0. The molecule has 0 spiro atoms. The maximum Gasteiger partial charge on any atom is 0.220 e. The number of carbonyl (C=O) groups excluding carboxylic acids is 1. The van der Waals surface area contributed by atoms with Crippen LogP contribution in [0.2, 0.25) is 0 Å². The number of amides is 1. The third-order valence-electron chi connectivity index (χ3n) is 3.90. The standard InChI is InChI=1S/C12H22N2O/c1-8(9-5-6-9)14-11-4-2-3-10(7-11)12(13)15/h8-11,14H,2-7H2,1H3,(H2,13,15).